The molecule has 5 heteroatoms. The van der Waals surface area contributed by atoms with Crippen LogP contribution in [-0.4, -0.2) is 29.0 Å². The lowest BCUT2D eigenvalue weighted by Crippen LogP contribution is -2.46. The Morgan fingerprint density at radius 1 is 1.47 bits per heavy atom. The molecule has 0 fully saturated rings. The molecule has 0 saturated carbocycles. The molecule has 1 rings (SSSR count). The highest BCUT2D eigenvalue weighted by Crippen LogP contribution is 2.25. The van der Waals surface area contributed by atoms with Gasteiger partial charge in [-0.1, -0.05) is 18.5 Å². The molecule has 1 aromatic rings. The van der Waals surface area contributed by atoms with Crippen LogP contribution in [0.3, 0.4) is 0 Å². The highest BCUT2D eigenvalue weighted by Gasteiger charge is 2.27. The third-order valence-corrected chi connectivity index (χ3v) is 3.60. The first-order chi connectivity index (χ1) is 7.97. The second-order valence-corrected chi connectivity index (χ2v) is 4.87. The summed E-state index contributed by atoms with van der Waals surface area (Å²) in [5.74, 6) is 0. The van der Waals surface area contributed by atoms with Crippen molar-refractivity contribution in [2.75, 3.05) is 13.7 Å². The van der Waals surface area contributed by atoms with Crippen LogP contribution in [-0.2, 0) is 17.7 Å². The molecule has 17 heavy (non-hydrogen) atoms. The number of halogens is 1. The Hall–Kier alpha value is -0.580. The SMILES string of the molecule is CCn1nc(C)c(Cl)c1CC(N)(CC)COC. The van der Waals surface area contributed by atoms with Crippen LogP contribution in [0.25, 0.3) is 0 Å². The van der Waals surface area contributed by atoms with Crippen LogP contribution in [0.4, 0.5) is 0 Å². The van der Waals surface area contributed by atoms with Crippen LogP contribution in [0.1, 0.15) is 31.7 Å². The maximum absolute atomic E-state index is 6.32. The first-order valence-electron chi connectivity index (χ1n) is 5.97. The molecule has 0 spiro atoms. The Balaban J connectivity index is 3.00. The van der Waals surface area contributed by atoms with Crippen molar-refractivity contribution in [1.29, 1.82) is 0 Å². The van der Waals surface area contributed by atoms with Crippen molar-refractivity contribution in [1.82, 2.24) is 9.78 Å². The van der Waals surface area contributed by atoms with Gasteiger partial charge in [0.15, 0.2) is 0 Å². The van der Waals surface area contributed by atoms with Crippen LogP contribution in [0.2, 0.25) is 5.02 Å². The summed E-state index contributed by atoms with van der Waals surface area (Å²) in [6.45, 7) is 7.35. The van der Waals surface area contributed by atoms with Gasteiger partial charge < -0.3 is 10.5 Å². The van der Waals surface area contributed by atoms with Gasteiger partial charge in [-0.05, 0) is 20.3 Å². The summed E-state index contributed by atoms with van der Waals surface area (Å²) in [6.07, 6.45) is 1.52. The molecule has 0 radical (unpaired) electrons. The molecule has 1 aromatic heterocycles. The molecular weight excluding hydrogens is 238 g/mol. The number of aryl methyl sites for hydroxylation is 2. The number of hydrogen-bond acceptors (Lipinski definition) is 3. The van der Waals surface area contributed by atoms with E-state index >= 15 is 0 Å². The minimum absolute atomic E-state index is 0.377. The molecule has 4 nitrogen and oxygen atoms in total. The first-order valence-corrected chi connectivity index (χ1v) is 6.34. The number of ether oxygens (including phenoxy) is 1. The van der Waals surface area contributed by atoms with Crippen molar-refractivity contribution in [3.8, 4) is 0 Å². The average molecular weight is 260 g/mol. The number of nitrogens with zero attached hydrogens (tertiary/aromatic N) is 2. The fourth-order valence-electron chi connectivity index (χ4n) is 1.94. The molecule has 0 aliphatic heterocycles. The Labute approximate surface area is 108 Å². The largest absolute Gasteiger partial charge is 0.383 e. The van der Waals surface area contributed by atoms with Crippen molar-refractivity contribution < 1.29 is 4.74 Å². The van der Waals surface area contributed by atoms with Crippen LogP contribution in [0.15, 0.2) is 0 Å². The van der Waals surface area contributed by atoms with E-state index in [0.29, 0.717) is 13.0 Å². The number of nitrogens with two attached hydrogens (primary N) is 1. The summed E-state index contributed by atoms with van der Waals surface area (Å²) in [7, 11) is 1.67. The van der Waals surface area contributed by atoms with Gasteiger partial charge in [-0.3, -0.25) is 4.68 Å². The summed E-state index contributed by atoms with van der Waals surface area (Å²) in [6, 6.07) is 0. The molecule has 1 heterocycles. The zero-order valence-electron chi connectivity index (χ0n) is 11.1. The summed E-state index contributed by atoms with van der Waals surface area (Å²) < 4.78 is 7.11. The van der Waals surface area contributed by atoms with Crippen molar-refractivity contribution in [2.45, 2.75) is 45.7 Å². The van der Waals surface area contributed by atoms with E-state index < -0.39 is 0 Å². The molecule has 1 unspecified atom stereocenters. The van der Waals surface area contributed by atoms with Crippen LogP contribution < -0.4 is 5.73 Å². The molecule has 0 aliphatic rings. The Morgan fingerprint density at radius 3 is 2.59 bits per heavy atom. The number of methoxy groups -OCH3 is 1. The summed E-state index contributed by atoms with van der Waals surface area (Å²) in [5.41, 5.74) is 7.81. The molecule has 0 amide bonds. The fraction of sp³-hybridized carbons (Fsp3) is 0.750. The quantitative estimate of drug-likeness (QED) is 0.852. The Kier molecular flexibility index (Phi) is 4.98. The van der Waals surface area contributed by atoms with E-state index in [-0.39, 0.29) is 5.54 Å². The van der Waals surface area contributed by atoms with Gasteiger partial charge in [0, 0.05) is 25.6 Å². The van der Waals surface area contributed by atoms with Gasteiger partial charge in [-0.15, -0.1) is 0 Å². The summed E-state index contributed by atoms with van der Waals surface area (Å²) >= 11 is 6.28. The highest BCUT2D eigenvalue weighted by molar-refractivity contribution is 6.31. The highest BCUT2D eigenvalue weighted by atomic mass is 35.5. The van der Waals surface area contributed by atoms with E-state index in [1.165, 1.54) is 0 Å². The van der Waals surface area contributed by atoms with E-state index in [1.807, 2.05) is 18.5 Å². The zero-order valence-corrected chi connectivity index (χ0v) is 11.8. The lowest BCUT2D eigenvalue weighted by Gasteiger charge is -2.27. The predicted molar refractivity (Wildman–Crippen MR) is 70.4 cm³/mol. The van der Waals surface area contributed by atoms with Crippen LogP contribution in [0.5, 0.6) is 0 Å². The lowest BCUT2D eigenvalue weighted by atomic mass is 9.92. The van der Waals surface area contributed by atoms with Gasteiger partial charge in [0.25, 0.3) is 0 Å². The number of rotatable bonds is 6. The molecule has 0 saturated heterocycles. The van der Waals surface area contributed by atoms with E-state index in [9.17, 15) is 0 Å². The van der Waals surface area contributed by atoms with Gasteiger partial charge in [0.05, 0.1) is 23.0 Å². The second-order valence-electron chi connectivity index (χ2n) is 4.49. The third-order valence-electron chi connectivity index (χ3n) is 3.11. The summed E-state index contributed by atoms with van der Waals surface area (Å²) in [5, 5.41) is 5.12. The molecule has 0 aliphatic carbocycles. The van der Waals surface area contributed by atoms with Crippen molar-refractivity contribution in [3.63, 3.8) is 0 Å². The lowest BCUT2D eigenvalue weighted by molar-refractivity contribution is 0.128. The third kappa shape index (κ3) is 3.21. The van der Waals surface area contributed by atoms with E-state index in [4.69, 9.17) is 22.1 Å². The molecule has 2 N–H and O–H groups in total. The minimum Gasteiger partial charge on any atom is -0.383 e. The van der Waals surface area contributed by atoms with Crippen molar-refractivity contribution in [3.05, 3.63) is 16.4 Å². The zero-order chi connectivity index (χ0) is 13.1. The van der Waals surface area contributed by atoms with Crippen molar-refractivity contribution >= 4 is 11.6 Å². The monoisotopic (exact) mass is 259 g/mol. The fourth-order valence-corrected chi connectivity index (χ4v) is 2.14. The van der Waals surface area contributed by atoms with Gasteiger partial charge in [0.1, 0.15) is 0 Å². The number of aromatic nitrogens is 2. The molecular formula is C12H22ClN3O. The number of hydrogen-bond donors (Lipinski definition) is 1. The van der Waals surface area contributed by atoms with Crippen molar-refractivity contribution in [2.24, 2.45) is 5.73 Å². The molecule has 98 valence electrons. The van der Waals surface area contributed by atoms with Gasteiger partial charge in [-0.25, -0.2) is 0 Å². The molecule has 0 bridgehead atoms. The maximum atomic E-state index is 6.32. The normalized spacial score (nSPS) is 14.9. The smallest absolute Gasteiger partial charge is 0.0847 e. The first kappa shape index (κ1) is 14.5. The van der Waals surface area contributed by atoms with Gasteiger partial charge >= 0.3 is 0 Å². The molecule has 0 aromatic carbocycles. The second kappa shape index (κ2) is 5.85. The minimum atomic E-state index is -0.377. The predicted octanol–water partition coefficient (Wildman–Crippen LogP) is 2.16. The maximum Gasteiger partial charge on any atom is 0.0847 e. The van der Waals surface area contributed by atoms with Gasteiger partial charge in [-0.2, -0.15) is 5.10 Å². The van der Waals surface area contributed by atoms with Crippen LogP contribution in [0, 0.1) is 6.92 Å². The van der Waals surface area contributed by atoms with E-state index in [2.05, 4.69) is 12.0 Å². The van der Waals surface area contributed by atoms with Crippen LogP contribution >= 0.6 is 11.6 Å². The topological polar surface area (TPSA) is 53.1 Å². The average Bonchev–Trinajstić information content (AvgIpc) is 2.57. The summed E-state index contributed by atoms with van der Waals surface area (Å²) in [4.78, 5) is 0. The van der Waals surface area contributed by atoms with Gasteiger partial charge in [0.2, 0.25) is 0 Å². The van der Waals surface area contributed by atoms with E-state index in [1.54, 1.807) is 7.11 Å². The Morgan fingerprint density at radius 2 is 2.12 bits per heavy atom. The molecule has 1 atom stereocenters. The van der Waals surface area contributed by atoms with E-state index in [0.717, 1.165) is 29.4 Å². The standard InChI is InChI=1S/C12H22ClN3O/c1-5-12(14,8-17-4)7-10-11(13)9(3)15-16(10)6-2/h5-8,14H2,1-4H3. The Bertz CT molecular complexity index is 378.